The van der Waals surface area contributed by atoms with E-state index in [2.05, 4.69) is 4.74 Å². The van der Waals surface area contributed by atoms with E-state index in [0.29, 0.717) is 17.7 Å². The second-order valence-electron chi connectivity index (χ2n) is 3.89. The van der Waals surface area contributed by atoms with Crippen LogP contribution in [0, 0.1) is 5.82 Å². The summed E-state index contributed by atoms with van der Waals surface area (Å²) < 4.78 is 22.9. The molecule has 0 spiro atoms. The average molecular weight is 256 g/mol. The Labute approximate surface area is 105 Å². The number of hydrogen-bond acceptors (Lipinski definition) is 4. The lowest BCUT2D eigenvalue weighted by molar-refractivity contribution is -0.140. The molecular formula is C13H17FO4. The fourth-order valence-corrected chi connectivity index (χ4v) is 1.48. The maximum absolute atomic E-state index is 13.1. The quantitative estimate of drug-likeness (QED) is 0.626. The van der Waals surface area contributed by atoms with E-state index in [1.54, 1.807) is 6.92 Å². The smallest absolute Gasteiger partial charge is 0.305 e. The summed E-state index contributed by atoms with van der Waals surface area (Å²) in [6.07, 6.45) is -0.0145. The van der Waals surface area contributed by atoms with Crippen molar-refractivity contribution in [3.05, 3.63) is 29.6 Å². The first kappa shape index (κ1) is 14.4. The van der Waals surface area contributed by atoms with Crippen LogP contribution in [0.25, 0.3) is 0 Å². The van der Waals surface area contributed by atoms with Gasteiger partial charge >= 0.3 is 5.97 Å². The van der Waals surface area contributed by atoms with E-state index in [1.807, 2.05) is 0 Å². The molecule has 0 aliphatic rings. The maximum Gasteiger partial charge on any atom is 0.305 e. The van der Waals surface area contributed by atoms with E-state index >= 15 is 0 Å². The minimum absolute atomic E-state index is 0.246. The Balaban J connectivity index is 2.55. The number of carbonyl (C=O) groups excluding carboxylic acids is 1. The van der Waals surface area contributed by atoms with Gasteiger partial charge in [-0.25, -0.2) is 4.39 Å². The van der Waals surface area contributed by atoms with E-state index < -0.39 is 11.9 Å². The minimum Gasteiger partial charge on any atom is -0.493 e. The molecule has 1 rings (SSSR count). The Hall–Kier alpha value is -1.62. The Morgan fingerprint density at radius 2 is 2.22 bits per heavy atom. The van der Waals surface area contributed by atoms with Crippen molar-refractivity contribution in [2.24, 2.45) is 0 Å². The Morgan fingerprint density at radius 1 is 1.50 bits per heavy atom. The van der Waals surface area contributed by atoms with Gasteiger partial charge in [0.25, 0.3) is 0 Å². The molecule has 0 bridgehead atoms. The topological polar surface area (TPSA) is 55.8 Å². The largest absolute Gasteiger partial charge is 0.493 e. The number of aliphatic hydroxyl groups excluding tert-OH is 1. The number of benzene rings is 1. The van der Waals surface area contributed by atoms with Crippen molar-refractivity contribution in [3.63, 3.8) is 0 Å². The molecule has 0 saturated carbocycles. The number of methoxy groups -OCH3 is 1. The van der Waals surface area contributed by atoms with Gasteiger partial charge in [-0.2, -0.15) is 0 Å². The number of aliphatic hydroxyl groups is 1. The third kappa shape index (κ3) is 4.33. The molecule has 1 aromatic rings. The van der Waals surface area contributed by atoms with E-state index in [1.165, 1.54) is 25.3 Å². The molecule has 1 aromatic carbocycles. The van der Waals surface area contributed by atoms with E-state index in [9.17, 15) is 14.3 Å². The van der Waals surface area contributed by atoms with Crippen molar-refractivity contribution in [1.82, 2.24) is 0 Å². The number of ether oxygens (including phenoxy) is 2. The normalized spacial score (nSPS) is 12.0. The molecule has 0 unspecified atom stereocenters. The number of rotatable bonds is 6. The molecule has 1 atom stereocenters. The fourth-order valence-electron chi connectivity index (χ4n) is 1.48. The third-order valence-corrected chi connectivity index (χ3v) is 2.44. The zero-order chi connectivity index (χ0) is 13.5. The molecule has 5 heteroatoms. The molecule has 18 heavy (non-hydrogen) atoms. The highest BCUT2D eigenvalue weighted by Crippen LogP contribution is 2.26. The highest BCUT2D eigenvalue weighted by molar-refractivity contribution is 5.69. The molecule has 0 heterocycles. The van der Waals surface area contributed by atoms with Crippen LogP contribution in [0.15, 0.2) is 18.2 Å². The Bertz CT molecular complexity index is 404. The lowest BCUT2D eigenvalue weighted by Gasteiger charge is -2.13. The number of esters is 1. The molecule has 0 saturated heterocycles. The standard InChI is InChI=1S/C13H17FO4/c1-9(15)11-6-5-10(14)8-12(11)18-7-3-4-13(16)17-2/h5-6,8-9,15H,3-4,7H2,1-2H3/t9-/m0/s1. The van der Waals surface area contributed by atoms with Gasteiger partial charge in [0.1, 0.15) is 11.6 Å². The van der Waals surface area contributed by atoms with Crippen molar-refractivity contribution < 1.29 is 23.8 Å². The fraction of sp³-hybridized carbons (Fsp3) is 0.462. The second-order valence-corrected chi connectivity index (χ2v) is 3.89. The van der Waals surface area contributed by atoms with Crippen LogP contribution in [0.2, 0.25) is 0 Å². The summed E-state index contributed by atoms with van der Waals surface area (Å²) in [5, 5.41) is 9.50. The lowest BCUT2D eigenvalue weighted by atomic mass is 10.1. The van der Waals surface area contributed by atoms with Crippen LogP contribution < -0.4 is 4.74 Å². The SMILES string of the molecule is COC(=O)CCCOc1cc(F)ccc1[C@H](C)O. The number of hydrogen-bond donors (Lipinski definition) is 1. The summed E-state index contributed by atoms with van der Waals surface area (Å²) in [5.74, 6) is -0.439. The lowest BCUT2D eigenvalue weighted by Crippen LogP contribution is -2.06. The third-order valence-electron chi connectivity index (χ3n) is 2.44. The highest BCUT2D eigenvalue weighted by Gasteiger charge is 2.10. The van der Waals surface area contributed by atoms with Crippen molar-refractivity contribution >= 4 is 5.97 Å². The monoisotopic (exact) mass is 256 g/mol. The molecule has 0 aliphatic carbocycles. The van der Waals surface area contributed by atoms with E-state index in [4.69, 9.17) is 4.74 Å². The minimum atomic E-state index is -0.735. The molecule has 0 amide bonds. The van der Waals surface area contributed by atoms with Crippen LogP contribution in [0.3, 0.4) is 0 Å². The van der Waals surface area contributed by atoms with Gasteiger partial charge in [-0.05, 0) is 25.5 Å². The molecule has 0 aromatic heterocycles. The molecule has 0 fully saturated rings. The Morgan fingerprint density at radius 3 is 2.83 bits per heavy atom. The van der Waals surface area contributed by atoms with Gasteiger partial charge in [-0.3, -0.25) is 4.79 Å². The molecule has 100 valence electrons. The van der Waals surface area contributed by atoms with E-state index in [0.717, 1.165) is 0 Å². The van der Waals surface area contributed by atoms with Crippen LogP contribution in [-0.2, 0) is 9.53 Å². The predicted molar refractivity (Wildman–Crippen MR) is 63.8 cm³/mol. The van der Waals surface area contributed by atoms with Crippen LogP contribution in [0.4, 0.5) is 4.39 Å². The summed E-state index contributed by atoms with van der Waals surface area (Å²) >= 11 is 0. The summed E-state index contributed by atoms with van der Waals surface area (Å²) in [6.45, 7) is 1.84. The number of halogens is 1. The van der Waals surface area contributed by atoms with Gasteiger partial charge in [-0.15, -0.1) is 0 Å². The summed E-state index contributed by atoms with van der Waals surface area (Å²) in [5.41, 5.74) is 0.523. The van der Waals surface area contributed by atoms with Crippen LogP contribution in [-0.4, -0.2) is 24.8 Å². The zero-order valence-electron chi connectivity index (χ0n) is 10.5. The summed E-state index contributed by atoms with van der Waals surface area (Å²) in [7, 11) is 1.32. The van der Waals surface area contributed by atoms with Crippen molar-refractivity contribution in [1.29, 1.82) is 0 Å². The van der Waals surface area contributed by atoms with Gasteiger partial charge < -0.3 is 14.6 Å². The Kier molecular flexibility index (Phi) is 5.58. The van der Waals surface area contributed by atoms with Crippen molar-refractivity contribution in [2.75, 3.05) is 13.7 Å². The van der Waals surface area contributed by atoms with Gasteiger partial charge in [-0.1, -0.05) is 0 Å². The molecule has 0 radical (unpaired) electrons. The summed E-state index contributed by atoms with van der Waals surface area (Å²) in [4.78, 5) is 10.9. The molecule has 0 aliphatic heterocycles. The maximum atomic E-state index is 13.1. The average Bonchev–Trinajstić information content (AvgIpc) is 2.34. The predicted octanol–water partition coefficient (Wildman–Crippen LogP) is 2.21. The first-order chi connectivity index (χ1) is 8.54. The van der Waals surface area contributed by atoms with Gasteiger partial charge in [0.05, 0.1) is 19.8 Å². The van der Waals surface area contributed by atoms with Crippen LogP contribution in [0.5, 0.6) is 5.75 Å². The van der Waals surface area contributed by atoms with Gasteiger partial charge in [0.2, 0.25) is 0 Å². The number of carbonyl (C=O) groups is 1. The molecular weight excluding hydrogens is 239 g/mol. The van der Waals surface area contributed by atoms with Gasteiger partial charge in [0.15, 0.2) is 0 Å². The van der Waals surface area contributed by atoms with Crippen LogP contribution >= 0.6 is 0 Å². The van der Waals surface area contributed by atoms with E-state index in [-0.39, 0.29) is 19.0 Å². The highest BCUT2D eigenvalue weighted by atomic mass is 19.1. The van der Waals surface area contributed by atoms with Crippen LogP contribution in [0.1, 0.15) is 31.4 Å². The first-order valence-corrected chi connectivity index (χ1v) is 5.71. The molecule has 1 N–H and O–H groups in total. The zero-order valence-corrected chi connectivity index (χ0v) is 10.5. The van der Waals surface area contributed by atoms with Gasteiger partial charge in [0, 0.05) is 18.1 Å². The first-order valence-electron chi connectivity index (χ1n) is 5.71. The van der Waals surface area contributed by atoms with Crippen molar-refractivity contribution in [2.45, 2.75) is 25.9 Å². The summed E-state index contributed by atoms with van der Waals surface area (Å²) in [6, 6.07) is 3.97. The second kappa shape index (κ2) is 6.96. The van der Waals surface area contributed by atoms with Crippen molar-refractivity contribution in [3.8, 4) is 5.75 Å². The molecule has 4 nitrogen and oxygen atoms in total.